The van der Waals surface area contributed by atoms with Crippen LogP contribution >= 0.6 is 15.9 Å². The van der Waals surface area contributed by atoms with Crippen LogP contribution in [-0.4, -0.2) is 13.1 Å². The van der Waals surface area contributed by atoms with Gasteiger partial charge in [0.15, 0.2) is 4.67 Å². The van der Waals surface area contributed by atoms with E-state index >= 15 is 0 Å². The maximum Gasteiger partial charge on any atom is 0.169 e. The molecule has 0 saturated carbocycles. The van der Waals surface area contributed by atoms with Gasteiger partial charge >= 0.3 is 0 Å². The highest BCUT2D eigenvalue weighted by molar-refractivity contribution is 9.10. The van der Waals surface area contributed by atoms with Crippen molar-refractivity contribution < 1.29 is 4.42 Å². The number of piperidine rings is 1. The van der Waals surface area contributed by atoms with Crippen molar-refractivity contribution in [3.8, 4) is 0 Å². The number of hydrogen-bond acceptors (Lipinski definition) is 2. The van der Waals surface area contributed by atoms with Gasteiger partial charge in [-0.05, 0) is 59.9 Å². The van der Waals surface area contributed by atoms with Crippen LogP contribution in [0.25, 0.3) is 0 Å². The number of furan rings is 1. The van der Waals surface area contributed by atoms with E-state index in [1.807, 2.05) is 6.07 Å². The molecule has 0 spiro atoms. The smallest absolute Gasteiger partial charge is 0.169 e. The van der Waals surface area contributed by atoms with Crippen molar-refractivity contribution in [1.29, 1.82) is 0 Å². The quantitative estimate of drug-likeness (QED) is 0.864. The minimum absolute atomic E-state index is 0.805. The first-order valence-electron chi connectivity index (χ1n) is 4.79. The summed E-state index contributed by atoms with van der Waals surface area (Å²) in [6.07, 6.45) is 3.64. The summed E-state index contributed by atoms with van der Waals surface area (Å²) in [4.78, 5) is 0. The Morgan fingerprint density at radius 1 is 1.38 bits per heavy atom. The van der Waals surface area contributed by atoms with Crippen LogP contribution in [0, 0.1) is 5.92 Å². The van der Waals surface area contributed by atoms with Crippen LogP contribution in [0.2, 0.25) is 0 Å². The molecule has 0 radical (unpaired) electrons. The van der Waals surface area contributed by atoms with Gasteiger partial charge in [-0.2, -0.15) is 0 Å². The summed E-state index contributed by atoms with van der Waals surface area (Å²) in [7, 11) is 0. The molecule has 2 heterocycles. The summed E-state index contributed by atoms with van der Waals surface area (Å²) < 4.78 is 6.33. The molecule has 1 aromatic heterocycles. The topological polar surface area (TPSA) is 25.2 Å². The third-order valence-corrected chi connectivity index (χ3v) is 3.00. The van der Waals surface area contributed by atoms with E-state index in [2.05, 4.69) is 27.3 Å². The average Bonchev–Trinajstić information content (AvgIpc) is 2.53. The average molecular weight is 244 g/mol. The molecule has 1 fully saturated rings. The zero-order chi connectivity index (χ0) is 9.10. The lowest BCUT2D eigenvalue weighted by molar-refractivity contribution is 0.344. The van der Waals surface area contributed by atoms with Gasteiger partial charge in [-0.1, -0.05) is 0 Å². The van der Waals surface area contributed by atoms with Gasteiger partial charge in [0.25, 0.3) is 0 Å². The second-order valence-corrected chi connectivity index (χ2v) is 4.38. The molecule has 13 heavy (non-hydrogen) atoms. The molecule has 0 aliphatic carbocycles. The Hall–Kier alpha value is -0.280. The number of rotatable bonds is 2. The number of hydrogen-bond donors (Lipinski definition) is 1. The van der Waals surface area contributed by atoms with Gasteiger partial charge in [0, 0.05) is 6.42 Å². The third-order valence-electron chi connectivity index (χ3n) is 2.58. The third kappa shape index (κ3) is 2.58. The van der Waals surface area contributed by atoms with E-state index in [0.29, 0.717) is 0 Å². The van der Waals surface area contributed by atoms with Gasteiger partial charge in [-0.25, -0.2) is 0 Å². The Kier molecular flexibility index (Phi) is 3.06. The summed E-state index contributed by atoms with van der Waals surface area (Å²) in [5.41, 5.74) is 0. The zero-order valence-corrected chi connectivity index (χ0v) is 9.14. The summed E-state index contributed by atoms with van der Waals surface area (Å²) in [5.74, 6) is 1.91. The van der Waals surface area contributed by atoms with E-state index in [4.69, 9.17) is 4.42 Å². The molecule has 0 unspecified atom stereocenters. The highest BCUT2D eigenvalue weighted by Gasteiger charge is 2.14. The second-order valence-electron chi connectivity index (χ2n) is 3.60. The molecular formula is C10H14BrNO. The molecule has 1 aliphatic rings. The Morgan fingerprint density at radius 3 is 2.77 bits per heavy atom. The van der Waals surface area contributed by atoms with E-state index in [0.717, 1.165) is 35.9 Å². The van der Waals surface area contributed by atoms with Gasteiger partial charge in [0.1, 0.15) is 5.76 Å². The van der Waals surface area contributed by atoms with E-state index in [1.54, 1.807) is 0 Å². The minimum atomic E-state index is 0.805. The molecule has 1 N–H and O–H groups in total. The largest absolute Gasteiger partial charge is 0.454 e. The maximum absolute atomic E-state index is 5.48. The lowest BCUT2D eigenvalue weighted by Crippen LogP contribution is -2.28. The zero-order valence-electron chi connectivity index (χ0n) is 7.55. The monoisotopic (exact) mass is 243 g/mol. The fraction of sp³-hybridized carbons (Fsp3) is 0.600. The molecule has 1 aromatic rings. The van der Waals surface area contributed by atoms with Crippen molar-refractivity contribution in [2.75, 3.05) is 13.1 Å². The molecule has 0 bridgehead atoms. The Bertz CT molecular complexity index is 266. The Morgan fingerprint density at radius 2 is 2.15 bits per heavy atom. The van der Waals surface area contributed by atoms with Gasteiger partial charge < -0.3 is 9.73 Å². The van der Waals surface area contributed by atoms with Crippen LogP contribution < -0.4 is 5.32 Å². The van der Waals surface area contributed by atoms with Crippen molar-refractivity contribution in [1.82, 2.24) is 5.32 Å². The lowest BCUT2D eigenvalue weighted by Gasteiger charge is -2.21. The normalized spacial score (nSPS) is 19.2. The molecule has 72 valence electrons. The van der Waals surface area contributed by atoms with E-state index in [9.17, 15) is 0 Å². The van der Waals surface area contributed by atoms with Crippen LogP contribution in [-0.2, 0) is 6.42 Å². The SMILES string of the molecule is Brc1ccc(CC2CCNCC2)o1. The summed E-state index contributed by atoms with van der Waals surface area (Å²) in [6.45, 7) is 2.32. The molecule has 1 aliphatic heterocycles. The van der Waals surface area contributed by atoms with Crippen LogP contribution in [0.3, 0.4) is 0 Å². The first kappa shape index (κ1) is 9.28. The van der Waals surface area contributed by atoms with Crippen LogP contribution in [0.15, 0.2) is 21.2 Å². The Labute approximate surface area is 86.8 Å². The molecule has 1 saturated heterocycles. The highest BCUT2D eigenvalue weighted by Crippen LogP contribution is 2.21. The fourth-order valence-corrected chi connectivity index (χ4v) is 2.17. The predicted molar refractivity (Wildman–Crippen MR) is 55.7 cm³/mol. The van der Waals surface area contributed by atoms with Crippen molar-refractivity contribution in [2.45, 2.75) is 19.3 Å². The van der Waals surface area contributed by atoms with Crippen molar-refractivity contribution in [3.05, 3.63) is 22.6 Å². The standard InChI is InChI=1S/C10H14BrNO/c11-10-2-1-9(13-10)7-8-3-5-12-6-4-8/h1-2,8,12H,3-7H2. The van der Waals surface area contributed by atoms with Gasteiger partial charge in [-0.3, -0.25) is 0 Å². The van der Waals surface area contributed by atoms with E-state index in [-0.39, 0.29) is 0 Å². The van der Waals surface area contributed by atoms with E-state index < -0.39 is 0 Å². The highest BCUT2D eigenvalue weighted by atomic mass is 79.9. The van der Waals surface area contributed by atoms with E-state index in [1.165, 1.54) is 12.8 Å². The summed E-state index contributed by atoms with van der Waals surface area (Å²) >= 11 is 3.32. The molecule has 3 heteroatoms. The van der Waals surface area contributed by atoms with Crippen molar-refractivity contribution in [3.63, 3.8) is 0 Å². The van der Waals surface area contributed by atoms with Crippen molar-refractivity contribution >= 4 is 15.9 Å². The maximum atomic E-state index is 5.48. The number of nitrogens with one attached hydrogen (secondary N) is 1. The molecule has 2 nitrogen and oxygen atoms in total. The van der Waals surface area contributed by atoms with Crippen LogP contribution in [0.1, 0.15) is 18.6 Å². The second kappa shape index (κ2) is 4.29. The van der Waals surface area contributed by atoms with Gasteiger partial charge in [0.2, 0.25) is 0 Å². The first-order chi connectivity index (χ1) is 6.34. The molecule has 0 aromatic carbocycles. The van der Waals surface area contributed by atoms with Gasteiger partial charge in [-0.15, -0.1) is 0 Å². The molecule has 0 amide bonds. The molecule has 2 rings (SSSR count). The number of halogens is 1. The molecular weight excluding hydrogens is 230 g/mol. The molecule has 0 atom stereocenters. The van der Waals surface area contributed by atoms with Crippen LogP contribution in [0.5, 0.6) is 0 Å². The Balaban J connectivity index is 1.89. The van der Waals surface area contributed by atoms with Crippen LogP contribution in [0.4, 0.5) is 0 Å². The minimum Gasteiger partial charge on any atom is -0.454 e. The van der Waals surface area contributed by atoms with Crippen molar-refractivity contribution in [2.24, 2.45) is 5.92 Å². The fourth-order valence-electron chi connectivity index (χ4n) is 1.83. The first-order valence-corrected chi connectivity index (χ1v) is 5.59. The predicted octanol–water partition coefficient (Wildman–Crippen LogP) is 2.58. The summed E-state index contributed by atoms with van der Waals surface area (Å²) in [6, 6.07) is 4.03. The summed E-state index contributed by atoms with van der Waals surface area (Å²) in [5, 5.41) is 3.37. The lowest BCUT2D eigenvalue weighted by atomic mass is 9.94. The van der Waals surface area contributed by atoms with Gasteiger partial charge in [0.05, 0.1) is 0 Å².